The molecular weight excluding hydrogens is 513 g/mol. The highest BCUT2D eigenvalue weighted by atomic mass is 32.2. The summed E-state index contributed by atoms with van der Waals surface area (Å²) in [5.74, 6) is -0.314. The lowest BCUT2D eigenvalue weighted by Gasteiger charge is -2.13. The minimum absolute atomic E-state index is 0.144. The fraction of sp³-hybridized carbons (Fsp3) is 0.111. The predicted octanol–water partition coefficient (Wildman–Crippen LogP) is 6.99. The number of aryl methyl sites for hydroxylation is 1. The molecule has 0 amide bonds. The number of esters is 1. The molecule has 0 spiro atoms. The number of thiophene rings is 2. The van der Waals surface area contributed by atoms with Gasteiger partial charge < -0.3 is 4.74 Å². The maximum Gasteiger partial charge on any atom is 0.305 e. The number of aromatic nitrogens is 1. The summed E-state index contributed by atoms with van der Waals surface area (Å²) in [6, 6.07) is 19.6. The highest BCUT2D eigenvalue weighted by molar-refractivity contribution is 7.90. The highest BCUT2D eigenvalue weighted by Gasteiger charge is 2.30. The number of para-hydroxylation sites is 1. The van der Waals surface area contributed by atoms with E-state index in [1.54, 1.807) is 30.3 Å². The number of methoxy groups -OCH3 is 1. The van der Waals surface area contributed by atoms with Gasteiger partial charge in [-0.3, -0.25) is 4.79 Å². The molecule has 3 aromatic heterocycles. The largest absolute Gasteiger partial charge is 0.469 e. The zero-order valence-electron chi connectivity index (χ0n) is 19.2. The quantitative estimate of drug-likeness (QED) is 0.167. The number of nitrogens with zero attached hydrogens (tertiary/aromatic N) is 2. The second kappa shape index (κ2) is 9.74. The number of hydrogen-bond donors (Lipinski definition) is 0. The van der Waals surface area contributed by atoms with Gasteiger partial charge in [0.1, 0.15) is 0 Å². The van der Waals surface area contributed by atoms with E-state index in [2.05, 4.69) is 4.85 Å². The Morgan fingerprint density at radius 2 is 1.78 bits per heavy atom. The lowest BCUT2D eigenvalue weighted by molar-refractivity contribution is -0.140. The summed E-state index contributed by atoms with van der Waals surface area (Å²) in [5, 5.41) is 5.05. The number of carbonyl (C=O) groups excluding carboxylic acids is 1. The number of benzene rings is 2. The number of fused-ring (bicyclic) bond motifs is 1. The van der Waals surface area contributed by atoms with Crippen LogP contribution < -0.4 is 0 Å². The van der Waals surface area contributed by atoms with Crippen LogP contribution in [0, 0.1) is 6.57 Å². The lowest BCUT2D eigenvalue weighted by Crippen LogP contribution is -2.14. The third kappa shape index (κ3) is 4.13. The van der Waals surface area contributed by atoms with E-state index in [0.29, 0.717) is 22.6 Å². The van der Waals surface area contributed by atoms with Crippen molar-refractivity contribution in [3.05, 3.63) is 94.5 Å². The van der Waals surface area contributed by atoms with Crippen molar-refractivity contribution in [3.63, 3.8) is 0 Å². The number of carbonyl (C=O) groups is 1. The van der Waals surface area contributed by atoms with Gasteiger partial charge in [-0.25, -0.2) is 17.2 Å². The van der Waals surface area contributed by atoms with E-state index in [4.69, 9.17) is 11.3 Å². The smallest absolute Gasteiger partial charge is 0.305 e. The molecule has 3 heterocycles. The Bertz CT molecular complexity index is 1710. The SMILES string of the molecule is [C-]#[N+]c1sccc1-c1c(-c2cccs2)n(S(=O)(=O)c2ccc(CCC(=O)OC)cc2)c2ccccc12. The molecule has 0 unspecified atom stereocenters. The van der Waals surface area contributed by atoms with Crippen LogP contribution in [0.5, 0.6) is 0 Å². The third-order valence-corrected chi connectivity index (χ3v) is 9.32. The van der Waals surface area contributed by atoms with E-state index >= 15 is 0 Å². The minimum atomic E-state index is -4.01. The first kappa shape index (κ1) is 24.0. The van der Waals surface area contributed by atoms with Crippen LogP contribution in [0.4, 0.5) is 5.00 Å². The zero-order valence-corrected chi connectivity index (χ0v) is 21.6. The van der Waals surface area contributed by atoms with Crippen molar-refractivity contribution in [1.82, 2.24) is 3.97 Å². The molecule has 6 nitrogen and oxygen atoms in total. The van der Waals surface area contributed by atoms with Gasteiger partial charge in [0.05, 0.1) is 34.7 Å². The van der Waals surface area contributed by atoms with Crippen molar-refractivity contribution in [2.75, 3.05) is 7.11 Å². The first-order valence-electron chi connectivity index (χ1n) is 11.0. The molecule has 0 saturated heterocycles. The van der Waals surface area contributed by atoms with Gasteiger partial charge in [0.25, 0.3) is 10.0 Å². The van der Waals surface area contributed by atoms with Gasteiger partial charge >= 0.3 is 5.97 Å². The summed E-state index contributed by atoms with van der Waals surface area (Å²) >= 11 is 2.79. The molecule has 2 aromatic carbocycles. The van der Waals surface area contributed by atoms with Crippen LogP contribution in [0.3, 0.4) is 0 Å². The summed E-state index contributed by atoms with van der Waals surface area (Å²) in [5.41, 5.74) is 3.40. The summed E-state index contributed by atoms with van der Waals surface area (Å²) in [6.07, 6.45) is 0.683. The maximum absolute atomic E-state index is 14.2. The molecule has 0 atom stereocenters. The van der Waals surface area contributed by atoms with Gasteiger partial charge in [0, 0.05) is 22.9 Å². The highest BCUT2D eigenvalue weighted by Crippen LogP contribution is 2.48. The molecular formula is C27H20N2O4S3. The van der Waals surface area contributed by atoms with Crippen molar-refractivity contribution < 1.29 is 17.9 Å². The van der Waals surface area contributed by atoms with Crippen molar-refractivity contribution in [2.45, 2.75) is 17.7 Å². The maximum atomic E-state index is 14.2. The van der Waals surface area contributed by atoms with Crippen molar-refractivity contribution in [3.8, 4) is 21.7 Å². The molecule has 0 N–H and O–H groups in total. The summed E-state index contributed by atoms with van der Waals surface area (Å²) in [4.78, 5) is 16.1. The fourth-order valence-electron chi connectivity index (χ4n) is 4.23. The molecule has 36 heavy (non-hydrogen) atoms. The Morgan fingerprint density at radius 3 is 2.47 bits per heavy atom. The molecule has 5 rings (SSSR count). The Labute approximate surface area is 216 Å². The Morgan fingerprint density at radius 1 is 1.00 bits per heavy atom. The van der Waals surface area contributed by atoms with E-state index in [-0.39, 0.29) is 17.3 Å². The van der Waals surface area contributed by atoms with Gasteiger partial charge in [-0.05, 0) is 47.0 Å². The topological polar surface area (TPSA) is 69.7 Å². The van der Waals surface area contributed by atoms with E-state index in [1.807, 2.05) is 47.2 Å². The van der Waals surface area contributed by atoms with Crippen LogP contribution in [-0.2, 0) is 26.0 Å². The molecule has 0 bridgehead atoms. The normalized spacial score (nSPS) is 11.4. The summed E-state index contributed by atoms with van der Waals surface area (Å²) in [7, 11) is -2.66. The zero-order chi connectivity index (χ0) is 25.3. The second-order valence-corrected chi connectivity index (χ2v) is 11.6. The molecule has 0 fully saturated rings. The van der Waals surface area contributed by atoms with E-state index < -0.39 is 10.0 Å². The average Bonchev–Trinajstić information content (AvgIpc) is 3.65. The van der Waals surface area contributed by atoms with E-state index in [1.165, 1.54) is 33.8 Å². The predicted molar refractivity (Wildman–Crippen MR) is 144 cm³/mol. The van der Waals surface area contributed by atoms with Gasteiger partial charge in [-0.1, -0.05) is 42.5 Å². The van der Waals surface area contributed by atoms with Crippen molar-refractivity contribution >= 4 is 54.6 Å². The number of hydrogen-bond acceptors (Lipinski definition) is 6. The molecule has 0 saturated carbocycles. The van der Waals surface area contributed by atoms with Crippen molar-refractivity contribution in [1.29, 1.82) is 0 Å². The van der Waals surface area contributed by atoms with Crippen LogP contribution >= 0.6 is 22.7 Å². The number of ether oxygens (including phenoxy) is 1. The summed E-state index contributed by atoms with van der Waals surface area (Å²) < 4.78 is 34.4. The van der Waals surface area contributed by atoms with Crippen molar-refractivity contribution in [2.24, 2.45) is 0 Å². The molecule has 0 radical (unpaired) electrons. The fourth-order valence-corrected chi connectivity index (χ4v) is 7.28. The molecule has 0 aliphatic carbocycles. The monoisotopic (exact) mass is 532 g/mol. The molecule has 9 heteroatoms. The Balaban J connectivity index is 1.73. The van der Waals surface area contributed by atoms with Crippen LogP contribution in [0.25, 0.3) is 37.4 Å². The Hall–Kier alpha value is -3.71. The van der Waals surface area contributed by atoms with Crippen LogP contribution in [0.15, 0.2) is 82.4 Å². The molecule has 180 valence electrons. The van der Waals surface area contributed by atoms with Gasteiger partial charge in [0.15, 0.2) is 0 Å². The van der Waals surface area contributed by atoms with Crippen LogP contribution in [0.2, 0.25) is 0 Å². The first-order valence-corrected chi connectivity index (χ1v) is 14.2. The first-order chi connectivity index (χ1) is 17.5. The standard InChI is InChI=1S/C27H20N2O4S3/c1-28-27-21(15-17-35-27)25-20-6-3-4-7-22(20)29(26(25)23-8-5-16-34-23)36(31,32)19-12-9-18(10-13-19)11-14-24(30)33-2/h3-10,12-13,15-17H,11,14H2,2H3. The minimum Gasteiger partial charge on any atom is -0.469 e. The lowest BCUT2D eigenvalue weighted by atomic mass is 10.0. The van der Waals surface area contributed by atoms with E-state index in [9.17, 15) is 13.2 Å². The van der Waals surface area contributed by atoms with Gasteiger partial charge in [-0.2, -0.15) is 11.3 Å². The number of rotatable bonds is 7. The van der Waals surface area contributed by atoms with Gasteiger partial charge in [0.2, 0.25) is 5.00 Å². The second-order valence-electron chi connectivity index (χ2n) is 7.96. The Kier molecular flexibility index (Phi) is 6.49. The third-order valence-electron chi connectivity index (χ3n) is 5.91. The molecule has 0 aliphatic heterocycles. The van der Waals surface area contributed by atoms with Crippen LogP contribution in [0.1, 0.15) is 12.0 Å². The van der Waals surface area contributed by atoms with E-state index in [0.717, 1.165) is 27.0 Å². The molecule has 0 aliphatic rings. The summed E-state index contributed by atoms with van der Waals surface area (Å²) in [6.45, 7) is 7.64. The van der Waals surface area contributed by atoms with Crippen LogP contribution in [-0.4, -0.2) is 25.5 Å². The van der Waals surface area contributed by atoms with Gasteiger partial charge in [-0.15, -0.1) is 11.3 Å². The average molecular weight is 533 g/mol. The molecule has 5 aromatic rings.